The minimum Gasteiger partial charge on any atom is -0.378 e. The van der Waals surface area contributed by atoms with Crippen LogP contribution in [-0.2, 0) is 4.74 Å². The van der Waals surface area contributed by atoms with Crippen LogP contribution in [0.15, 0.2) is 0 Å². The Bertz CT molecular complexity index is 229. The molecule has 2 saturated heterocycles. The highest BCUT2D eigenvalue weighted by Gasteiger charge is 2.32. The summed E-state index contributed by atoms with van der Waals surface area (Å²) in [6, 6.07) is 1.07. The number of hydrogen-bond acceptors (Lipinski definition) is 3. The van der Waals surface area contributed by atoms with E-state index in [1.54, 1.807) is 0 Å². The van der Waals surface area contributed by atoms with E-state index in [1.165, 1.54) is 38.8 Å². The Labute approximate surface area is 112 Å². The maximum atomic E-state index is 6.08. The highest BCUT2D eigenvalue weighted by atomic mass is 16.5. The van der Waals surface area contributed by atoms with Crippen LogP contribution in [0.4, 0.5) is 0 Å². The molecule has 2 N–H and O–H groups in total. The van der Waals surface area contributed by atoms with E-state index >= 15 is 0 Å². The van der Waals surface area contributed by atoms with Crippen molar-refractivity contribution in [3.63, 3.8) is 0 Å². The van der Waals surface area contributed by atoms with Crippen molar-refractivity contribution >= 4 is 0 Å². The maximum Gasteiger partial charge on any atom is 0.0612 e. The summed E-state index contributed by atoms with van der Waals surface area (Å²) in [5.74, 6) is 1.33. The molecule has 0 aromatic rings. The van der Waals surface area contributed by atoms with Gasteiger partial charge in [0.15, 0.2) is 0 Å². The lowest BCUT2D eigenvalue weighted by atomic mass is 9.88. The van der Waals surface area contributed by atoms with E-state index in [1.807, 2.05) is 0 Å². The fraction of sp³-hybridized carbons (Fsp3) is 1.00. The van der Waals surface area contributed by atoms with Crippen LogP contribution < -0.4 is 5.73 Å². The molecule has 4 atom stereocenters. The van der Waals surface area contributed by atoms with Crippen LogP contribution >= 0.6 is 0 Å². The number of nitrogens with two attached hydrogens (primary N) is 1. The van der Waals surface area contributed by atoms with Crippen molar-refractivity contribution in [3.8, 4) is 0 Å². The molecule has 0 unspecified atom stereocenters. The molecule has 0 radical (unpaired) electrons. The first-order valence-electron chi connectivity index (χ1n) is 7.69. The Kier molecular flexibility index (Phi) is 5.05. The molecule has 2 heterocycles. The summed E-state index contributed by atoms with van der Waals surface area (Å²) in [7, 11) is 0. The van der Waals surface area contributed by atoms with Crippen LogP contribution in [0.25, 0.3) is 0 Å². The van der Waals surface area contributed by atoms with Gasteiger partial charge in [0.05, 0.1) is 6.10 Å². The van der Waals surface area contributed by atoms with Gasteiger partial charge >= 0.3 is 0 Å². The number of likely N-dealkylation sites (tertiary alicyclic amines) is 1. The van der Waals surface area contributed by atoms with Gasteiger partial charge in [-0.15, -0.1) is 0 Å². The minimum absolute atomic E-state index is 0.341. The van der Waals surface area contributed by atoms with Gasteiger partial charge in [-0.25, -0.2) is 0 Å². The predicted molar refractivity (Wildman–Crippen MR) is 75.5 cm³/mol. The van der Waals surface area contributed by atoms with Crippen LogP contribution in [0.1, 0.15) is 46.5 Å². The molecule has 0 spiro atoms. The van der Waals surface area contributed by atoms with Crippen LogP contribution in [0.3, 0.4) is 0 Å². The van der Waals surface area contributed by atoms with E-state index < -0.39 is 0 Å². The summed E-state index contributed by atoms with van der Waals surface area (Å²) in [5.41, 5.74) is 6.08. The molecular weight excluding hydrogens is 224 g/mol. The minimum atomic E-state index is 0.341. The Morgan fingerprint density at radius 2 is 2.00 bits per heavy atom. The summed E-state index contributed by atoms with van der Waals surface area (Å²) in [6.07, 6.45) is 5.50. The van der Waals surface area contributed by atoms with E-state index in [2.05, 4.69) is 25.7 Å². The molecule has 3 heteroatoms. The molecular formula is C15H30N2O. The largest absolute Gasteiger partial charge is 0.378 e. The fourth-order valence-corrected chi connectivity index (χ4v) is 3.41. The summed E-state index contributed by atoms with van der Waals surface area (Å²) in [4.78, 5) is 2.69. The first kappa shape index (κ1) is 14.3. The van der Waals surface area contributed by atoms with Gasteiger partial charge in [0.1, 0.15) is 0 Å². The molecule has 2 aliphatic heterocycles. The number of hydrogen-bond donors (Lipinski definition) is 1. The lowest BCUT2D eigenvalue weighted by Gasteiger charge is -2.43. The van der Waals surface area contributed by atoms with E-state index in [9.17, 15) is 0 Å². The van der Waals surface area contributed by atoms with Gasteiger partial charge in [-0.05, 0) is 51.0 Å². The van der Waals surface area contributed by atoms with Gasteiger partial charge in [-0.1, -0.05) is 13.8 Å². The highest BCUT2D eigenvalue weighted by Crippen LogP contribution is 2.28. The van der Waals surface area contributed by atoms with Crippen molar-refractivity contribution in [2.24, 2.45) is 17.6 Å². The highest BCUT2D eigenvalue weighted by molar-refractivity contribution is 4.86. The number of rotatable bonds is 3. The van der Waals surface area contributed by atoms with E-state index in [0.717, 1.165) is 12.6 Å². The van der Waals surface area contributed by atoms with Crippen molar-refractivity contribution in [1.29, 1.82) is 0 Å². The normalized spacial score (nSPS) is 36.8. The van der Waals surface area contributed by atoms with Crippen molar-refractivity contribution in [2.75, 3.05) is 19.7 Å². The second-order valence-electron chi connectivity index (χ2n) is 6.59. The Morgan fingerprint density at radius 3 is 2.67 bits per heavy atom. The summed E-state index contributed by atoms with van der Waals surface area (Å²) in [5, 5.41) is 0. The zero-order valence-corrected chi connectivity index (χ0v) is 12.3. The summed E-state index contributed by atoms with van der Waals surface area (Å²) in [6.45, 7) is 10.1. The summed E-state index contributed by atoms with van der Waals surface area (Å²) >= 11 is 0. The Morgan fingerprint density at radius 1 is 1.22 bits per heavy atom. The Balaban J connectivity index is 1.90. The van der Waals surface area contributed by atoms with Crippen LogP contribution in [0.5, 0.6) is 0 Å². The first-order chi connectivity index (χ1) is 8.58. The van der Waals surface area contributed by atoms with E-state index in [-0.39, 0.29) is 0 Å². The molecule has 106 valence electrons. The zero-order chi connectivity index (χ0) is 13.1. The third kappa shape index (κ3) is 3.46. The van der Waals surface area contributed by atoms with Gasteiger partial charge in [0.2, 0.25) is 0 Å². The monoisotopic (exact) mass is 254 g/mol. The molecule has 0 aliphatic carbocycles. The lowest BCUT2D eigenvalue weighted by Crippen LogP contribution is -2.50. The van der Waals surface area contributed by atoms with E-state index in [4.69, 9.17) is 10.5 Å². The number of ether oxygens (including phenoxy) is 1. The molecule has 2 aliphatic rings. The fourth-order valence-electron chi connectivity index (χ4n) is 3.41. The van der Waals surface area contributed by atoms with E-state index in [0.29, 0.717) is 24.0 Å². The molecule has 2 rings (SSSR count). The third-order valence-corrected chi connectivity index (χ3v) is 4.78. The maximum absolute atomic E-state index is 6.08. The van der Waals surface area contributed by atoms with Crippen molar-refractivity contribution < 1.29 is 4.74 Å². The topological polar surface area (TPSA) is 38.5 Å². The average molecular weight is 254 g/mol. The van der Waals surface area contributed by atoms with Crippen molar-refractivity contribution in [1.82, 2.24) is 4.90 Å². The van der Waals surface area contributed by atoms with Crippen molar-refractivity contribution in [3.05, 3.63) is 0 Å². The second kappa shape index (κ2) is 6.36. The van der Waals surface area contributed by atoms with Gasteiger partial charge < -0.3 is 10.5 Å². The molecule has 0 aromatic heterocycles. The van der Waals surface area contributed by atoms with Crippen LogP contribution in [-0.4, -0.2) is 42.8 Å². The SMILES string of the molecule is CC(C)[C@@H]1C[C@H](N2CCC[C@H]([C@@H](C)N)C2)CCO1. The molecule has 0 amide bonds. The van der Waals surface area contributed by atoms with Gasteiger partial charge in [0, 0.05) is 25.2 Å². The van der Waals surface area contributed by atoms with Crippen molar-refractivity contribution in [2.45, 2.75) is 64.6 Å². The predicted octanol–water partition coefficient (Wildman–Crippen LogP) is 2.25. The molecule has 0 bridgehead atoms. The molecule has 3 nitrogen and oxygen atoms in total. The lowest BCUT2D eigenvalue weighted by molar-refractivity contribution is -0.0554. The standard InChI is InChI=1S/C15H30N2O/c1-11(2)15-9-14(6-8-18-15)17-7-4-5-13(10-17)12(3)16/h11-15H,4-10,16H2,1-3H3/t12-,13+,14-,15+/m1/s1. The van der Waals surface area contributed by atoms with Gasteiger partial charge in [-0.2, -0.15) is 0 Å². The van der Waals surface area contributed by atoms with Gasteiger partial charge in [-0.3, -0.25) is 4.90 Å². The Hall–Kier alpha value is -0.120. The zero-order valence-electron chi connectivity index (χ0n) is 12.3. The quantitative estimate of drug-likeness (QED) is 0.839. The molecule has 2 fully saturated rings. The van der Waals surface area contributed by atoms with Crippen LogP contribution in [0.2, 0.25) is 0 Å². The number of nitrogens with zero attached hydrogens (tertiary/aromatic N) is 1. The molecule has 0 aromatic carbocycles. The molecule has 0 saturated carbocycles. The second-order valence-corrected chi connectivity index (χ2v) is 6.59. The average Bonchev–Trinajstić information content (AvgIpc) is 2.39. The summed E-state index contributed by atoms with van der Waals surface area (Å²) < 4.78 is 5.88. The third-order valence-electron chi connectivity index (χ3n) is 4.78. The molecule has 18 heavy (non-hydrogen) atoms. The van der Waals surface area contributed by atoms with Crippen LogP contribution in [0, 0.1) is 11.8 Å². The van der Waals surface area contributed by atoms with Gasteiger partial charge in [0.25, 0.3) is 0 Å². The number of piperidine rings is 1. The smallest absolute Gasteiger partial charge is 0.0612 e. The first-order valence-corrected chi connectivity index (χ1v) is 7.69.